The van der Waals surface area contributed by atoms with Gasteiger partial charge in [-0.05, 0) is 11.5 Å². The lowest BCUT2D eigenvalue weighted by Crippen LogP contribution is -1.96. The van der Waals surface area contributed by atoms with Crippen LogP contribution in [-0.4, -0.2) is 21.3 Å². The van der Waals surface area contributed by atoms with Gasteiger partial charge in [-0.3, -0.25) is 0 Å². The minimum atomic E-state index is -1.27. The summed E-state index contributed by atoms with van der Waals surface area (Å²) in [6.45, 7) is 0. The van der Waals surface area contributed by atoms with Crippen molar-refractivity contribution in [2.45, 2.75) is 0 Å². The first-order valence-corrected chi connectivity index (χ1v) is 4.28. The third kappa shape index (κ3) is 1.36. The number of rotatable bonds is 1. The first-order chi connectivity index (χ1) is 7.11. The number of hydrogen-bond acceptors (Lipinski definition) is 3. The van der Waals surface area contributed by atoms with Gasteiger partial charge in [0.05, 0.1) is 0 Å². The Bertz CT molecular complexity index is 546. The van der Waals surface area contributed by atoms with Gasteiger partial charge in [-0.25, -0.2) is 4.79 Å². The van der Waals surface area contributed by atoms with Crippen LogP contribution >= 0.6 is 0 Å². The molecule has 76 valence electrons. The van der Waals surface area contributed by atoms with E-state index < -0.39 is 17.5 Å². The molecule has 0 bridgehead atoms. The molecule has 0 saturated heterocycles. The van der Waals surface area contributed by atoms with E-state index >= 15 is 0 Å². The first-order valence-electron chi connectivity index (χ1n) is 4.28. The Balaban J connectivity index is 2.88. The Labute approximate surface area is 85.0 Å². The monoisotopic (exact) mass is 204 g/mol. The third-order valence-electron chi connectivity index (χ3n) is 2.23. The number of phenols is 2. The molecule has 2 aromatic carbocycles. The largest absolute Gasteiger partial charge is 0.504 e. The quantitative estimate of drug-likeness (QED) is 0.620. The summed E-state index contributed by atoms with van der Waals surface area (Å²) in [6, 6.07) is 8.02. The van der Waals surface area contributed by atoms with E-state index in [1.165, 1.54) is 6.07 Å². The maximum atomic E-state index is 10.7. The van der Waals surface area contributed by atoms with E-state index in [1.807, 2.05) is 0 Å². The van der Waals surface area contributed by atoms with E-state index in [0.29, 0.717) is 10.8 Å². The van der Waals surface area contributed by atoms with E-state index in [-0.39, 0.29) is 5.56 Å². The van der Waals surface area contributed by atoms with Crippen molar-refractivity contribution in [2.24, 2.45) is 0 Å². The maximum Gasteiger partial charge on any atom is 0.339 e. The molecular weight excluding hydrogens is 196 g/mol. The zero-order chi connectivity index (χ0) is 11.0. The average molecular weight is 204 g/mol. The van der Waals surface area contributed by atoms with Gasteiger partial charge in [-0.15, -0.1) is 0 Å². The number of hydrogen-bond donors (Lipinski definition) is 3. The standard InChI is InChI=1S/C11H8O4/c12-9-7-4-2-1-3-6(7)5-8(10(9)13)11(14)15/h1-5,12-13H,(H,14,15). The van der Waals surface area contributed by atoms with Gasteiger partial charge in [-0.2, -0.15) is 0 Å². The fourth-order valence-electron chi connectivity index (χ4n) is 1.48. The Morgan fingerprint density at radius 1 is 1.07 bits per heavy atom. The zero-order valence-corrected chi connectivity index (χ0v) is 7.64. The van der Waals surface area contributed by atoms with Crippen molar-refractivity contribution < 1.29 is 20.1 Å². The minimum Gasteiger partial charge on any atom is -0.504 e. The van der Waals surface area contributed by atoms with Gasteiger partial charge in [0.25, 0.3) is 0 Å². The van der Waals surface area contributed by atoms with Crippen LogP contribution in [0.15, 0.2) is 30.3 Å². The van der Waals surface area contributed by atoms with Crippen LogP contribution in [0.25, 0.3) is 10.8 Å². The smallest absolute Gasteiger partial charge is 0.339 e. The fourth-order valence-corrected chi connectivity index (χ4v) is 1.48. The van der Waals surface area contributed by atoms with E-state index in [2.05, 4.69) is 0 Å². The number of aromatic carboxylic acids is 1. The number of fused-ring (bicyclic) bond motifs is 1. The summed E-state index contributed by atoms with van der Waals surface area (Å²) in [7, 11) is 0. The summed E-state index contributed by atoms with van der Waals surface area (Å²) >= 11 is 0. The molecule has 0 aliphatic rings. The Morgan fingerprint density at radius 3 is 2.40 bits per heavy atom. The van der Waals surface area contributed by atoms with Gasteiger partial charge in [0.1, 0.15) is 5.56 Å². The summed E-state index contributed by atoms with van der Waals surface area (Å²) in [5.41, 5.74) is -0.300. The Hall–Kier alpha value is -2.23. The molecule has 0 aliphatic carbocycles. The summed E-state index contributed by atoms with van der Waals surface area (Å²) in [4.78, 5) is 10.7. The van der Waals surface area contributed by atoms with Crippen molar-refractivity contribution in [3.05, 3.63) is 35.9 Å². The van der Waals surface area contributed by atoms with Gasteiger partial charge in [0, 0.05) is 5.39 Å². The Morgan fingerprint density at radius 2 is 1.73 bits per heavy atom. The highest BCUT2D eigenvalue weighted by molar-refractivity contribution is 6.01. The number of aromatic hydroxyl groups is 2. The fraction of sp³-hybridized carbons (Fsp3) is 0. The van der Waals surface area contributed by atoms with Gasteiger partial charge >= 0.3 is 5.97 Å². The molecule has 0 spiro atoms. The second kappa shape index (κ2) is 3.16. The van der Waals surface area contributed by atoms with Gasteiger partial charge in [0.15, 0.2) is 11.5 Å². The summed E-state index contributed by atoms with van der Waals surface area (Å²) in [5, 5.41) is 28.8. The van der Waals surface area contributed by atoms with Crippen molar-refractivity contribution in [2.75, 3.05) is 0 Å². The molecule has 15 heavy (non-hydrogen) atoms. The third-order valence-corrected chi connectivity index (χ3v) is 2.23. The molecule has 4 nitrogen and oxygen atoms in total. The van der Waals surface area contributed by atoms with E-state index in [1.54, 1.807) is 24.3 Å². The highest BCUT2D eigenvalue weighted by Gasteiger charge is 2.16. The molecule has 0 aliphatic heterocycles. The van der Waals surface area contributed by atoms with Crippen LogP contribution in [0.2, 0.25) is 0 Å². The molecule has 0 atom stereocenters. The van der Waals surface area contributed by atoms with Crippen molar-refractivity contribution in [3.8, 4) is 11.5 Å². The lowest BCUT2D eigenvalue weighted by molar-refractivity contribution is 0.0693. The highest BCUT2D eigenvalue weighted by atomic mass is 16.4. The van der Waals surface area contributed by atoms with Crippen LogP contribution in [0.3, 0.4) is 0 Å². The predicted octanol–water partition coefficient (Wildman–Crippen LogP) is 1.95. The molecule has 0 aromatic heterocycles. The molecule has 0 radical (unpaired) electrons. The van der Waals surface area contributed by atoms with Crippen molar-refractivity contribution in [1.29, 1.82) is 0 Å². The van der Waals surface area contributed by atoms with Crippen LogP contribution in [0.1, 0.15) is 10.4 Å². The molecule has 0 unspecified atom stereocenters. The maximum absolute atomic E-state index is 10.7. The van der Waals surface area contributed by atoms with Crippen LogP contribution in [0.5, 0.6) is 11.5 Å². The second-order valence-electron chi connectivity index (χ2n) is 3.15. The van der Waals surface area contributed by atoms with Crippen molar-refractivity contribution >= 4 is 16.7 Å². The van der Waals surface area contributed by atoms with Crippen LogP contribution in [0, 0.1) is 0 Å². The molecule has 0 fully saturated rings. The Kier molecular flexibility index (Phi) is 1.97. The van der Waals surface area contributed by atoms with Gasteiger partial charge in [-0.1, -0.05) is 24.3 Å². The van der Waals surface area contributed by atoms with Crippen LogP contribution < -0.4 is 0 Å². The first kappa shape index (κ1) is 9.33. The van der Waals surface area contributed by atoms with Gasteiger partial charge < -0.3 is 15.3 Å². The number of carboxylic acid groups (broad SMARTS) is 1. The molecule has 2 aromatic rings. The molecule has 0 saturated carbocycles. The van der Waals surface area contributed by atoms with E-state index in [4.69, 9.17) is 5.11 Å². The topological polar surface area (TPSA) is 77.8 Å². The normalized spacial score (nSPS) is 10.4. The number of carbonyl (C=O) groups is 1. The SMILES string of the molecule is O=C(O)c1cc2ccccc2c(O)c1O. The van der Waals surface area contributed by atoms with E-state index in [0.717, 1.165) is 0 Å². The predicted molar refractivity (Wildman–Crippen MR) is 54.2 cm³/mol. The molecule has 0 heterocycles. The number of benzene rings is 2. The molecular formula is C11H8O4. The molecule has 4 heteroatoms. The van der Waals surface area contributed by atoms with Crippen LogP contribution in [0.4, 0.5) is 0 Å². The lowest BCUT2D eigenvalue weighted by Gasteiger charge is -2.06. The van der Waals surface area contributed by atoms with Crippen LogP contribution in [-0.2, 0) is 0 Å². The average Bonchev–Trinajstić information content (AvgIpc) is 2.23. The molecule has 3 N–H and O–H groups in total. The van der Waals surface area contributed by atoms with Crippen molar-refractivity contribution in [1.82, 2.24) is 0 Å². The lowest BCUT2D eigenvalue weighted by atomic mass is 10.0. The molecule has 0 amide bonds. The minimum absolute atomic E-state index is 0.300. The zero-order valence-electron chi connectivity index (χ0n) is 7.64. The second-order valence-corrected chi connectivity index (χ2v) is 3.15. The number of carboxylic acids is 1. The van der Waals surface area contributed by atoms with Gasteiger partial charge in [0.2, 0.25) is 0 Å². The summed E-state index contributed by atoms with van der Waals surface area (Å²) in [6.07, 6.45) is 0. The highest BCUT2D eigenvalue weighted by Crippen LogP contribution is 2.36. The molecule has 2 rings (SSSR count). The van der Waals surface area contributed by atoms with E-state index in [9.17, 15) is 15.0 Å². The van der Waals surface area contributed by atoms with Crippen molar-refractivity contribution in [3.63, 3.8) is 0 Å². The number of phenolic OH excluding ortho intramolecular Hbond substituents is 1. The summed E-state index contributed by atoms with van der Waals surface area (Å²) in [5.74, 6) is -2.26. The summed E-state index contributed by atoms with van der Waals surface area (Å²) < 4.78 is 0.